The number of hydrogen-bond acceptors (Lipinski definition) is 2. The van der Waals surface area contributed by atoms with E-state index < -0.39 is 6.10 Å². The van der Waals surface area contributed by atoms with Crippen molar-refractivity contribution in [1.29, 1.82) is 0 Å². The summed E-state index contributed by atoms with van der Waals surface area (Å²) in [4.78, 5) is 0. The van der Waals surface area contributed by atoms with Gasteiger partial charge in [0.1, 0.15) is 12.4 Å². The van der Waals surface area contributed by atoms with Gasteiger partial charge in [0.05, 0.1) is 6.10 Å². The molecule has 2 heteroatoms. The van der Waals surface area contributed by atoms with Gasteiger partial charge in [0.25, 0.3) is 0 Å². The van der Waals surface area contributed by atoms with Crippen LogP contribution in [-0.4, -0.2) is 11.7 Å². The molecule has 2 rings (SSSR count). The van der Waals surface area contributed by atoms with Gasteiger partial charge in [0, 0.05) is 5.56 Å². The lowest BCUT2D eigenvalue weighted by Crippen LogP contribution is -1.96. The molecule has 2 aromatic rings. The zero-order valence-electron chi connectivity index (χ0n) is 10.8. The van der Waals surface area contributed by atoms with Crippen LogP contribution in [0.25, 0.3) is 0 Å². The van der Waals surface area contributed by atoms with Gasteiger partial charge in [-0.05, 0) is 36.8 Å². The third kappa shape index (κ3) is 4.17. The summed E-state index contributed by atoms with van der Waals surface area (Å²) in [6.45, 7) is 2.06. The molecule has 0 amide bonds. The molecule has 2 aromatic carbocycles. The van der Waals surface area contributed by atoms with Gasteiger partial charge in [-0.25, -0.2) is 0 Å². The van der Waals surface area contributed by atoms with Crippen LogP contribution in [-0.2, 0) is 0 Å². The number of aliphatic hydroxyl groups is 1. The third-order valence-electron chi connectivity index (χ3n) is 2.66. The zero-order valence-corrected chi connectivity index (χ0v) is 10.8. The highest BCUT2D eigenvalue weighted by Gasteiger charge is 2.01. The Bertz CT molecular complexity index is 577. The van der Waals surface area contributed by atoms with Crippen molar-refractivity contribution in [3.05, 3.63) is 65.7 Å². The van der Waals surface area contributed by atoms with E-state index in [0.717, 1.165) is 16.9 Å². The molecule has 0 aliphatic heterocycles. The summed E-state index contributed by atoms with van der Waals surface area (Å²) in [7, 11) is 0. The Morgan fingerprint density at radius 1 is 1.11 bits per heavy atom. The zero-order chi connectivity index (χ0) is 13.5. The molecule has 1 N–H and O–H groups in total. The summed E-state index contributed by atoms with van der Waals surface area (Å²) in [5, 5.41) is 9.48. The maximum atomic E-state index is 9.48. The van der Waals surface area contributed by atoms with Crippen LogP contribution in [0.2, 0.25) is 0 Å². The summed E-state index contributed by atoms with van der Waals surface area (Å²) < 4.78 is 5.53. The predicted octanol–water partition coefficient (Wildman–Crippen LogP) is 3.17. The summed E-state index contributed by atoms with van der Waals surface area (Å²) in [5.41, 5.74) is 1.82. The third-order valence-corrected chi connectivity index (χ3v) is 2.66. The van der Waals surface area contributed by atoms with Crippen molar-refractivity contribution in [3.8, 4) is 17.6 Å². The lowest BCUT2D eigenvalue weighted by atomic mass is 10.1. The molecular formula is C17H16O2. The predicted molar refractivity (Wildman–Crippen MR) is 75.9 cm³/mol. The number of benzene rings is 2. The average Bonchev–Trinajstić information content (AvgIpc) is 2.45. The highest BCUT2D eigenvalue weighted by Crippen LogP contribution is 2.18. The topological polar surface area (TPSA) is 29.5 Å². The molecule has 0 bridgehead atoms. The quantitative estimate of drug-likeness (QED) is 0.850. The van der Waals surface area contributed by atoms with E-state index in [-0.39, 0.29) is 0 Å². The van der Waals surface area contributed by atoms with Crippen molar-refractivity contribution < 1.29 is 9.84 Å². The largest absolute Gasteiger partial charge is 0.481 e. The number of rotatable bonds is 3. The fraction of sp³-hybridized carbons (Fsp3) is 0.176. The van der Waals surface area contributed by atoms with E-state index >= 15 is 0 Å². The van der Waals surface area contributed by atoms with Gasteiger partial charge in [-0.1, -0.05) is 42.2 Å². The normalized spacial score (nSPS) is 11.3. The van der Waals surface area contributed by atoms with Crippen LogP contribution in [0, 0.1) is 11.8 Å². The van der Waals surface area contributed by atoms with Crippen LogP contribution in [0.15, 0.2) is 54.6 Å². The molecule has 0 radical (unpaired) electrons. The van der Waals surface area contributed by atoms with Gasteiger partial charge in [-0.15, -0.1) is 0 Å². The van der Waals surface area contributed by atoms with E-state index in [1.807, 2.05) is 54.6 Å². The van der Waals surface area contributed by atoms with Crippen molar-refractivity contribution in [2.45, 2.75) is 13.0 Å². The second-order valence-corrected chi connectivity index (χ2v) is 4.20. The van der Waals surface area contributed by atoms with Crippen LogP contribution in [0.3, 0.4) is 0 Å². The first kappa shape index (κ1) is 13.2. The fourth-order valence-corrected chi connectivity index (χ4v) is 1.64. The Kier molecular flexibility index (Phi) is 4.60. The molecule has 0 spiro atoms. The summed E-state index contributed by atoms with van der Waals surface area (Å²) in [5.74, 6) is 6.71. The lowest BCUT2D eigenvalue weighted by Gasteiger charge is -2.07. The van der Waals surface area contributed by atoms with Gasteiger partial charge in [-0.2, -0.15) is 0 Å². The Labute approximate surface area is 113 Å². The Hall–Kier alpha value is -2.24. The Balaban J connectivity index is 1.93. The lowest BCUT2D eigenvalue weighted by molar-refractivity contribution is 0.198. The van der Waals surface area contributed by atoms with Crippen molar-refractivity contribution in [2.24, 2.45) is 0 Å². The number of hydrogen-bond donors (Lipinski definition) is 1. The van der Waals surface area contributed by atoms with Crippen molar-refractivity contribution in [1.82, 2.24) is 0 Å². The number of ether oxygens (including phenoxy) is 1. The first-order chi connectivity index (χ1) is 9.25. The van der Waals surface area contributed by atoms with Gasteiger partial charge in [-0.3, -0.25) is 0 Å². The van der Waals surface area contributed by atoms with Crippen molar-refractivity contribution in [3.63, 3.8) is 0 Å². The first-order valence-electron chi connectivity index (χ1n) is 6.20. The molecule has 0 fully saturated rings. The molecular weight excluding hydrogens is 236 g/mol. The highest BCUT2D eigenvalue weighted by atomic mass is 16.5. The van der Waals surface area contributed by atoms with Crippen LogP contribution in [0.5, 0.6) is 5.75 Å². The van der Waals surface area contributed by atoms with E-state index in [1.165, 1.54) is 0 Å². The summed E-state index contributed by atoms with van der Waals surface area (Å²) >= 11 is 0. The molecule has 96 valence electrons. The molecule has 0 aromatic heterocycles. The van der Waals surface area contributed by atoms with Crippen molar-refractivity contribution in [2.75, 3.05) is 6.61 Å². The van der Waals surface area contributed by atoms with E-state index in [1.54, 1.807) is 6.92 Å². The smallest absolute Gasteiger partial charge is 0.149 e. The van der Waals surface area contributed by atoms with Crippen LogP contribution in [0.4, 0.5) is 0 Å². The summed E-state index contributed by atoms with van der Waals surface area (Å²) in [6.07, 6.45) is -0.487. The van der Waals surface area contributed by atoms with Gasteiger partial charge >= 0.3 is 0 Å². The van der Waals surface area contributed by atoms with Crippen molar-refractivity contribution >= 4 is 0 Å². The van der Waals surface area contributed by atoms with Crippen LogP contribution >= 0.6 is 0 Å². The molecule has 0 aliphatic carbocycles. The molecule has 0 unspecified atom stereocenters. The molecule has 1 atom stereocenters. The molecule has 0 aliphatic rings. The standard InChI is InChI=1S/C17H16O2/c1-14(18)16-10-5-11-17(13-16)19-12-6-9-15-7-3-2-4-8-15/h2-5,7-8,10-11,13-14,18H,12H2,1H3/t14-/m1/s1. The maximum Gasteiger partial charge on any atom is 0.149 e. The van der Waals surface area contributed by atoms with Gasteiger partial charge in [0.2, 0.25) is 0 Å². The monoisotopic (exact) mass is 252 g/mol. The first-order valence-corrected chi connectivity index (χ1v) is 6.20. The molecule has 0 saturated heterocycles. The van der Waals surface area contributed by atoms with E-state index in [2.05, 4.69) is 11.8 Å². The fourth-order valence-electron chi connectivity index (χ4n) is 1.64. The number of aliphatic hydroxyl groups excluding tert-OH is 1. The van der Waals surface area contributed by atoms with Crippen LogP contribution < -0.4 is 4.74 Å². The van der Waals surface area contributed by atoms with Crippen LogP contribution in [0.1, 0.15) is 24.2 Å². The van der Waals surface area contributed by atoms with E-state index in [0.29, 0.717) is 6.61 Å². The maximum absolute atomic E-state index is 9.48. The minimum Gasteiger partial charge on any atom is -0.481 e. The van der Waals surface area contributed by atoms with Gasteiger partial charge < -0.3 is 9.84 Å². The molecule has 0 heterocycles. The molecule has 0 saturated carbocycles. The minimum absolute atomic E-state index is 0.332. The second-order valence-electron chi connectivity index (χ2n) is 4.20. The second kappa shape index (κ2) is 6.63. The Morgan fingerprint density at radius 3 is 2.63 bits per heavy atom. The highest BCUT2D eigenvalue weighted by molar-refractivity contribution is 5.34. The minimum atomic E-state index is -0.487. The van der Waals surface area contributed by atoms with E-state index in [4.69, 9.17) is 4.74 Å². The summed E-state index contributed by atoms with van der Waals surface area (Å²) in [6, 6.07) is 17.2. The van der Waals surface area contributed by atoms with Gasteiger partial charge in [0.15, 0.2) is 0 Å². The molecule has 19 heavy (non-hydrogen) atoms. The van der Waals surface area contributed by atoms with E-state index in [9.17, 15) is 5.11 Å². The Morgan fingerprint density at radius 2 is 1.89 bits per heavy atom. The SMILES string of the molecule is C[C@@H](O)c1cccc(OCC#Cc2ccccc2)c1. The average molecular weight is 252 g/mol. The molecule has 2 nitrogen and oxygen atoms in total.